The van der Waals surface area contributed by atoms with Crippen LogP contribution in [0.3, 0.4) is 0 Å². The molecule has 0 spiro atoms. The summed E-state index contributed by atoms with van der Waals surface area (Å²) in [6.45, 7) is 1.69. The van der Waals surface area contributed by atoms with E-state index in [1.54, 1.807) is 31.2 Å². The van der Waals surface area contributed by atoms with Crippen LogP contribution in [0.2, 0.25) is 0 Å². The molecule has 3 rings (SSSR count). The van der Waals surface area contributed by atoms with Crippen LogP contribution in [-0.2, 0) is 10.3 Å². The quantitative estimate of drug-likeness (QED) is 0.728. The second-order valence-electron chi connectivity index (χ2n) is 7.05. The zero-order valence-corrected chi connectivity index (χ0v) is 16.2. The summed E-state index contributed by atoms with van der Waals surface area (Å²) in [7, 11) is 0. The normalized spacial score (nSPS) is 21.4. The number of nitrogens with one attached hydrogen (secondary N) is 1. The molecule has 1 amide bonds. The van der Waals surface area contributed by atoms with Crippen LogP contribution in [-0.4, -0.2) is 23.2 Å². The van der Waals surface area contributed by atoms with Crippen molar-refractivity contribution in [2.24, 2.45) is 5.73 Å². The van der Waals surface area contributed by atoms with E-state index in [4.69, 9.17) is 10.5 Å². The number of benzene rings is 2. The lowest BCUT2D eigenvalue weighted by Gasteiger charge is -2.28. The highest BCUT2D eigenvalue weighted by atomic mass is 35.5. The maximum atomic E-state index is 12.6. The van der Waals surface area contributed by atoms with Crippen molar-refractivity contribution < 1.29 is 14.6 Å². The van der Waals surface area contributed by atoms with Gasteiger partial charge in [0.05, 0.1) is 6.10 Å². The fourth-order valence-corrected chi connectivity index (χ4v) is 3.18. The Morgan fingerprint density at radius 3 is 2.37 bits per heavy atom. The molecule has 0 aromatic heterocycles. The monoisotopic (exact) mass is 390 g/mol. The van der Waals surface area contributed by atoms with Gasteiger partial charge in [-0.25, -0.2) is 0 Å². The lowest BCUT2D eigenvalue weighted by molar-refractivity contribution is -0.120. The molecule has 0 aliphatic heterocycles. The largest absolute Gasteiger partial charge is 0.488 e. The number of halogens is 1. The summed E-state index contributed by atoms with van der Waals surface area (Å²) < 4.78 is 5.88. The van der Waals surface area contributed by atoms with Crippen molar-refractivity contribution >= 4 is 24.0 Å². The molecule has 1 fully saturated rings. The number of aliphatic hydroxyl groups excluding tert-OH is 1. The molecule has 1 aliphatic carbocycles. The van der Waals surface area contributed by atoms with Gasteiger partial charge in [0.2, 0.25) is 5.91 Å². The molecule has 146 valence electrons. The third kappa shape index (κ3) is 5.22. The van der Waals surface area contributed by atoms with Gasteiger partial charge in [0.25, 0.3) is 0 Å². The lowest BCUT2D eigenvalue weighted by atomic mass is 9.92. The molecular formula is C21H27ClN2O3. The van der Waals surface area contributed by atoms with Crippen LogP contribution in [0.5, 0.6) is 5.75 Å². The van der Waals surface area contributed by atoms with Gasteiger partial charge in [0.1, 0.15) is 17.4 Å². The van der Waals surface area contributed by atoms with E-state index in [0.717, 1.165) is 31.2 Å². The minimum atomic E-state index is -1.12. The molecule has 3 atom stereocenters. The molecule has 6 heteroatoms. The third-order valence-electron chi connectivity index (χ3n) is 4.91. The van der Waals surface area contributed by atoms with Gasteiger partial charge in [-0.1, -0.05) is 36.8 Å². The number of carbonyl (C=O) groups excluding carboxylic acids is 1. The highest BCUT2D eigenvalue weighted by Gasteiger charge is 2.30. The third-order valence-corrected chi connectivity index (χ3v) is 4.91. The molecule has 0 heterocycles. The Morgan fingerprint density at radius 2 is 1.74 bits per heavy atom. The summed E-state index contributed by atoms with van der Waals surface area (Å²) in [6.07, 6.45) is 3.20. The molecule has 1 saturated carbocycles. The van der Waals surface area contributed by atoms with Gasteiger partial charge in [-0.2, -0.15) is 0 Å². The Labute approximate surface area is 166 Å². The first-order valence-electron chi connectivity index (χ1n) is 9.07. The van der Waals surface area contributed by atoms with Crippen LogP contribution in [0.4, 0.5) is 5.69 Å². The highest BCUT2D eigenvalue weighted by Crippen LogP contribution is 2.26. The number of nitrogens with two attached hydrogens (primary N) is 1. The molecule has 4 N–H and O–H groups in total. The van der Waals surface area contributed by atoms with Gasteiger partial charge in [0, 0.05) is 5.69 Å². The van der Waals surface area contributed by atoms with Crippen molar-refractivity contribution in [3.05, 3.63) is 60.2 Å². The van der Waals surface area contributed by atoms with Crippen LogP contribution < -0.4 is 15.8 Å². The van der Waals surface area contributed by atoms with E-state index in [1.807, 2.05) is 30.3 Å². The van der Waals surface area contributed by atoms with Gasteiger partial charge in [0.15, 0.2) is 0 Å². The Kier molecular flexibility index (Phi) is 7.25. The summed E-state index contributed by atoms with van der Waals surface area (Å²) in [4.78, 5) is 12.6. The molecule has 1 aliphatic rings. The van der Waals surface area contributed by atoms with E-state index in [2.05, 4.69) is 5.32 Å². The van der Waals surface area contributed by atoms with Crippen LogP contribution in [0.15, 0.2) is 54.6 Å². The molecule has 0 saturated heterocycles. The predicted molar refractivity (Wildman–Crippen MR) is 109 cm³/mol. The van der Waals surface area contributed by atoms with Gasteiger partial charge >= 0.3 is 0 Å². The van der Waals surface area contributed by atoms with Gasteiger partial charge in [-0.3, -0.25) is 4.79 Å². The van der Waals surface area contributed by atoms with Crippen molar-refractivity contribution in [1.29, 1.82) is 0 Å². The number of rotatable bonds is 5. The van der Waals surface area contributed by atoms with E-state index >= 15 is 0 Å². The summed E-state index contributed by atoms with van der Waals surface area (Å²) in [6, 6.07) is 16.4. The minimum Gasteiger partial charge on any atom is -0.488 e. The number of amides is 1. The summed E-state index contributed by atoms with van der Waals surface area (Å²) in [5.41, 5.74) is 6.52. The number of anilines is 1. The molecule has 5 nitrogen and oxygen atoms in total. The standard InChI is InChI=1S/C21H26N2O3.ClH/c1-21(22,15-7-3-2-4-8-15)20(25)23-16-11-13-17(14-12-16)26-19-10-6-5-9-18(19)24;/h2-4,7-8,11-14,18-19,24H,5-6,9-10,22H2,1H3,(H,23,25);1H. The number of ether oxygens (including phenoxy) is 1. The summed E-state index contributed by atoms with van der Waals surface area (Å²) in [5.74, 6) is 0.410. The van der Waals surface area contributed by atoms with E-state index in [1.165, 1.54) is 0 Å². The molecular weight excluding hydrogens is 364 g/mol. The maximum absolute atomic E-state index is 12.6. The molecule has 0 bridgehead atoms. The lowest BCUT2D eigenvalue weighted by Crippen LogP contribution is -2.45. The van der Waals surface area contributed by atoms with Crippen molar-refractivity contribution in [2.45, 2.75) is 50.4 Å². The number of hydrogen-bond acceptors (Lipinski definition) is 4. The number of aliphatic hydroxyl groups is 1. The number of hydrogen-bond donors (Lipinski definition) is 3. The second-order valence-corrected chi connectivity index (χ2v) is 7.05. The first kappa shape index (κ1) is 21.2. The zero-order valence-electron chi connectivity index (χ0n) is 15.4. The van der Waals surface area contributed by atoms with Crippen molar-refractivity contribution in [3.8, 4) is 5.75 Å². The van der Waals surface area contributed by atoms with Crippen LogP contribution in [0, 0.1) is 0 Å². The van der Waals surface area contributed by atoms with Crippen LogP contribution in [0.25, 0.3) is 0 Å². The van der Waals surface area contributed by atoms with E-state index in [0.29, 0.717) is 11.4 Å². The zero-order chi connectivity index (χ0) is 18.6. The topological polar surface area (TPSA) is 84.6 Å². The van der Waals surface area contributed by atoms with E-state index < -0.39 is 11.6 Å². The summed E-state index contributed by atoms with van der Waals surface area (Å²) >= 11 is 0. The van der Waals surface area contributed by atoms with Gasteiger partial charge in [-0.05, 0) is 56.0 Å². The van der Waals surface area contributed by atoms with Gasteiger partial charge in [-0.15, -0.1) is 12.4 Å². The average molecular weight is 391 g/mol. The Bertz CT molecular complexity index is 735. The fraction of sp³-hybridized carbons (Fsp3) is 0.381. The predicted octanol–water partition coefficient (Wildman–Crippen LogP) is 3.60. The highest BCUT2D eigenvalue weighted by molar-refractivity contribution is 5.98. The van der Waals surface area contributed by atoms with E-state index in [9.17, 15) is 9.90 Å². The molecule has 0 radical (unpaired) electrons. The van der Waals surface area contributed by atoms with Crippen molar-refractivity contribution in [1.82, 2.24) is 0 Å². The Morgan fingerprint density at radius 1 is 1.11 bits per heavy atom. The molecule has 3 unspecified atom stereocenters. The van der Waals surface area contributed by atoms with Crippen LogP contribution in [0.1, 0.15) is 38.2 Å². The average Bonchev–Trinajstić information content (AvgIpc) is 2.66. The Hall–Kier alpha value is -2.08. The molecule has 2 aromatic rings. The van der Waals surface area contributed by atoms with Crippen molar-refractivity contribution in [3.63, 3.8) is 0 Å². The second kappa shape index (κ2) is 9.22. The van der Waals surface area contributed by atoms with Gasteiger partial charge < -0.3 is 20.9 Å². The fourth-order valence-electron chi connectivity index (χ4n) is 3.18. The van der Waals surface area contributed by atoms with Crippen molar-refractivity contribution in [2.75, 3.05) is 5.32 Å². The Balaban J connectivity index is 0.00000261. The van der Waals surface area contributed by atoms with Crippen LogP contribution >= 0.6 is 12.4 Å². The molecule has 27 heavy (non-hydrogen) atoms. The molecule has 2 aromatic carbocycles. The first-order chi connectivity index (χ1) is 12.5. The first-order valence-corrected chi connectivity index (χ1v) is 9.07. The number of carbonyl (C=O) groups is 1. The van der Waals surface area contributed by atoms with E-state index in [-0.39, 0.29) is 24.4 Å². The maximum Gasteiger partial charge on any atom is 0.248 e. The summed E-state index contributed by atoms with van der Waals surface area (Å²) in [5, 5.41) is 12.9. The SMILES string of the molecule is CC(N)(C(=O)Nc1ccc(OC2CCCCC2O)cc1)c1ccccc1.Cl. The smallest absolute Gasteiger partial charge is 0.248 e. The minimum absolute atomic E-state index is 0.